The fraction of sp³-hybridized carbons (Fsp3) is 0.370. The van der Waals surface area contributed by atoms with Crippen molar-refractivity contribution in [3.05, 3.63) is 66.9 Å². The fourth-order valence-electron chi connectivity index (χ4n) is 4.35. The minimum atomic E-state index is -0.456. The van der Waals surface area contributed by atoms with Crippen LogP contribution < -0.4 is 10.6 Å². The van der Waals surface area contributed by atoms with Gasteiger partial charge in [0.25, 0.3) is 0 Å². The Morgan fingerprint density at radius 3 is 2.18 bits per heavy atom. The highest BCUT2D eigenvalue weighted by molar-refractivity contribution is 5.81. The van der Waals surface area contributed by atoms with Crippen molar-refractivity contribution in [2.24, 2.45) is 5.41 Å². The lowest BCUT2D eigenvalue weighted by molar-refractivity contribution is -0.129. The van der Waals surface area contributed by atoms with Crippen molar-refractivity contribution in [1.29, 1.82) is 0 Å². The maximum absolute atomic E-state index is 12.4. The molecule has 5 rings (SSSR count). The molecule has 2 fully saturated rings. The summed E-state index contributed by atoms with van der Waals surface area (Å²) in [5, 5.41) is 6.45. The van der Waals surface area contributed by atoms with Crippen molar-refractivity contribution in [1.82, 2.24) is 15.3 Å². The molecule has 0 bridgehead atoms. The number of hydrogen-bond donors (Lipinski definition) is 2. The molecule has 2 aliphatic heterocycles. The van der Waals surface area contributed by atoms with Crippen molar-refractivity contribution in [2.75, 3.05) is 18.5 Å². The third-order valence-electron chi connectivity index (χ3n) is 6.31. The van der Waals surface area contributed by atoms with Gasteiger partial charge in [-0.1, -0.05) is 75.4 Å². The van der Waals surface area contributed by atoms with Crippen molar-refractivity contribution in [3.8, 4) is 22.4 Å². The lowest BCUT2D eigenvalue weighted by Gasteiger charge is -2.23. The van der Waals surface area contributed by atoms with E-state index in [1.165, 1.54) is 5.56 Å². The van der Waals surface area contributed by atoms with Crippen molar-refractivity contribution >= 4 is 11.9 Å². The molecule has 2 saturated heterocycles. The van der Waals surface area contributed by atoms with Gasteiger partial charge in [-0.15, -0.1) is 0 Å². The molecule has 4 atom stereocenters. The van der Waals surface area contributed by atoms with Gasteiger partial charge in [-0.05, 0) is 17.2 Å². The molecule has 7 nitrogen and oxygen atoms in total. The van der Waals surface area contributed by atoms with E-state index >= 15 is 0 Å². The Kier molecular flexibility index (Phi) is 6.06. The molecule has 2 aromatic carbocycles. The maximum Gasteiger partial charge on any atom is 0.225 e. The Balaban J connectivity index is 1.25. The van der Waals surface area contributed by atoms with Crippen LogP contribution in [0, 0.1) is 5.41 Å². The van der Waals surface area contributed by atoms with Gasteiger partial charge >= 0.3 is 0 Å². The van der Waals surface area contributed by atoms with Gasteiger partial charge in [-0.3, -0.25) is 4.79 Å². The number of fused-ring (bicyclic) bond motifs is 1. The van der Waals surface area contributed by atoms with Crippen LogP contribution in [0.3, 0.4) is 0 Å². The van der Waals surface area contributed by atoms with E-state index in [1.807, 2.05) is 45.0 Å². The molecular formula is C27H30N4O3. The van der Waals surface area contributed by atoms with E-state index in [0.29, 0.717) is 19.2 Å². The largest absolute Gasteiger partial charge is 0.371 e. The Bertz CT molecular complexity index is 1140. The summed E-state index contributed by atoms with van der Waals surface area (Å²) < 4.78 is 12.0. The molecule has 176 valence electrons. The second kappa shape index (κ2) is 9.16. The summed E-state index contributed by atoms with van der Waals surface area (Å²) in [6.45, 7) is 6.60. The summed E-state index contributed by atoms with van der Waals surface area (Å²) in [7, 11) is 0. The third kappa shape index (κ3) is 4.67. The molecule has 2 N–H and O–H groups in total. The first-order valence-corrected chi connectivity index (χ1v) is 11.7. The summed E-state index contributed by atoms with van der Waals surface area (Å²) >= 11 is 0. The highest BCUT2D eigenvalue weighted by Gasteiger charge is 2.49. The summed E-state index contributed by atoms with van der Waals surface area (Å²) in [4.78, 5) is 21.5. The van der Waals surface area contributed by atoms with Gasteiger partial charge in [0.15, 0.2) is 0 Å². The number of amides is 1. The molecule has 0 spiro atoms. The minimum Gasteiger partial charge on any atom is -0.371 e. The monoisotopic (exact) mass is 458 g/mol. The average Bonchev–Trinajstić information content (AvgIpc) is 3.43. The second-order valence-electron chi connectivity index (χ2n) is 9.89. The van der Waals surface area contributed by atoms with Gasteiger partial charge in [0, 0.05) is 17.2 Å². The zero-order chi connectivity index (χ0) is 23.7. The number of rotatable bonds is 5. The number of nitrogens with one attached hydrogen (secondary N) is 2. The van der Waals surface area contributed by atoms with Gasteiger partial charge < -0.3 is 20.1 Å². The van der Waals surface area contributed by atoms with Gasteiger partial charge in [0.1, 0.15) is 12.2 Å². The van der Waals surface area contributed by atoms with Crippen LogP contribution in [0.25, 0.3) is 22.4 Å². The van der Waals surface area contributed by atoms with Gasteiger partial charge in [-0.25, -0.2) is 9.97 Å². The van der Waals surface area contributed by atoms with E-state index in [4.69, 9.17) is 14.5 Å². The summed E-state index contributed by atoms with van der Waals surface area (Å²) in [6, 6.07) is 20.3. The van der Waals surface area contributed by atoms with Crippen molar-refractivity contribution in [3.63, 3.8) is 0 Å². The van der Waals surface area contributed by atoms with Crippen LogP contribution >= 0.6 is 0 Å². The van der Waals surface area contributed by atoms with Crippen LogP contribution in [0.1, 0.15) is 20.8 Å². The lowest BCUT2D eigenvalue weighted by Crippen LogP contribution is -2.48. The van der Waals surface area contributed by atoms with Crippen molar-refractivity contribution in [2.45, 2.75) is 45.1 Å². The lowest BCUT2D eigenvalue weighted by atomic mass is 9.94. The fourth-order valence-corrected chi connectivity index (χ4v) is 4.35. The Morgan fingerprint density at radius 1 is 0.853 bits per heavy atom. The Labute approximate surface area is 199 Å². The minimum absolute atomic E-state index is 0.00363. The summed E-state index contributed by atoms with van der Waals surface area (Å²) in [5.74, 6) is 0.528. The van der Waals surface area contributed by atoms with E-state index in [0.717, 1.165) is 16.8 Å². The first kappa shape index (κ1) is 22.5. The number of ether oxygens (including phenoxy) is 2. The number of hydrogen-bond acceptors (Lipinski definition) is 6. The van der Waals surface area contributed by atoms with Crippen LogP contribution in [0.5, 0.6) is 0 Å². The van der Waals surface area contributed by atoms with Crippen LogP contribution in [-0.4, -0.2) is 53.4 Å². The molecule has 1 aromatic heterocycles. The zero-order valence-electron chi connectivity index (χ0n) is 19.7. The van der Waals surface area contributed by atoms with Crippen LogP contribution in [0.2, 0.25) is 0 Å². The predicted octanol–water partition coefficient (Wildman–Crippen LogP) is 3.92. The molecule has 0 saturated carbocycles. The number of carbonyl (C=O) groups excluding carboxylic acids is 1. The van der Waals surface area contributed by atoms with Crippen molar-refractivity contribution < 1.29 is 14.3 Å². The van der Waals surface area contributed by atoms with E-state index in [-0.39, 0.29) is 30.2 Å². The summed E-state index contributed by atoms with van der Waals surface area (Å²) in [5.41, 5.74) is 3.76. The number of carbonyl (C=O) groups is 1. The zero-order valence-corrected chi connectivity index (χ0v) is 19.7. The number of benzene rings is 2. The number of nitrogens with zero attached hydrogens (tertiary/aromatic N) is 2. The van der Waals surface area contributed by atoms with Gasteiger partial charge in [-0.2, -0.15) is 0 Å². The topological polar surface area (TPSA) is 85.4 Å². The highest BCUT2D eigenvalue weighted by Crippen LogP contribution is 2.30. The van der Waals surface area contributed by atoms with E-state index < -0.39 is 5.41 Å². The molecule has 0 unspecified atom stereocenters. The molecule has 3 aromatic rings. The van der Waals surface area contributed by atoms with E-state index in [9.17, 15) is 4.79 Å². The van der Waals surface area contributed by atoms with Crippen LogP contribution in [-0.2, 0) is 14.3 Å². The molecule has 3 heterocycles. The average molecular weight is 459 g/mol. The molecule has 2 aliphatic rings. The smallest absolute Gasteiger partial charge is 0.225 e. The van der Waals surface area contributed by atoms with Crippen LogP contribution in [0.4, 0.5) is 5.95 Å². The molecule has 0 radical (unpaired) electrons. The third-order valence-corrected chi connectivity index (χ3v) is 6.31. The SMILES string of the molecule is CC(C)(C)C(=O)N[C@@H]1CO[C@@H]2[C@@H]1OC[C@@H]2Nc1nccc(-c2ccc(-c3ccccc3)cc2)n1. The standard InChI is InChI=1S/C27H30N4O3/c1-27(2,3)25(32)29-21-15-33-24-22(16-34-23(21)24)31-26-28-14-13-20(30-26)19-11-9-18(10-12-19)17-7-5-4-6-8-17/h4-14,21-24H,15-16H2,1-3H3,(H,29,32)(H,28,30,31)/t21-,22+,23-,24+/m1/s1. The molecule has 7 heteroatoms. The van der Waals surface area contributed by atoms with Gasteiger partial charge in [0.2, 0.25) is 11.9 Å². The van der Waals surface area contributed by atoms with E-state index in [2.05, 4.69) is 52.0 Å². The predicted molar refractivity (Wildman–Crippen MR) is 131 cm³/mol. The number of aromatic nitrogens is 2. The van der Waals surface area contributed by atoms with Crippen LogP contribution in [0.15, 0.2) is 66.9 Å². The molecular weight excluding hydrogens is 428 g/mol. The molecule has 0 aliphatic carbocycles. The number of anilines is 1. The normalized spacial score (nSPS) is 24.0. The Morgan fingerprint density at radius 2 is 1.47 bits per heavy atom. The highest BCUT2D eigenvalue weighted by atomic mass is 16.6. The maximum atomic E-state index is 12.4. The quantitative estimate of drug-likeness (QED) is 0.603. The first-order valence-electron chi connectivity index (χ1n) is 11.7. The molecule has 1 amide bonds. The van der Waals surface area contributed by atoms with E-state index in [1.54, 1.807) is 6.20 Å². The molecule has 34 heavy (non-hydrogen) atoms. The summed E-state index contributed by atoms with van der Waals surface area (Å²) in [6.07, 6.45) is 1.41. The second-order valence-corrected chi connectivity index (χ2v) is 9.89. The Hall–Kier alpha value is -3.29. The first-order chi connectivity index (χ1) is 16.4. The van der Waals surface area contributed by atoms with Gasteiger partial charge in [0.05, 0.1) is 31.0 Å².